The van der Waals surface area contributed by atoms with E-state index in [1.807, 2.05) is 0 Å². The van der Waals surface area contributed by atoms with Gasteiger partial charge in [-0.3, -0.25) is 15.0 Å². The number of carbonyl (C=O) groups is 2. The lowest BCUT2D eigenvalue weighted by molar-refractivity contribution is -0.137. The number of hydrogen-bond acceptors (Lipinski definition) is 3. The number of hydrogen-bond donors (Lipinski definition) is 2. The number of nitrogens with one attached hydrogen (secondary N) is 2. The lowest BCUT2D eigenvalue weighted by Crippen LogP contribution is -2.46. The van der Waals surface area contributed by atoms with Crippen molar-refractivity contribution in [3.05, 3.63) is 35.4 Å². The largest absolute Gasteiger partial charge is 0.416 e. The summed E-state index contributed by atoms with van der Waals surface area (Å²) >= 11 is 0. The van der Waals surface area contributed by atoms with Gasteiger partial charge in [-0.05, 0) is 24.7 Å². The van der Waals surface area contributed by atoms with Gasteiger partial charge in [0.1, 0.15) is 6.54 Å². The van der Waals surface area contributed by atoms with Crippen molar-refractivity contribution in [1.29, 1.82) is 0 Å². The van der Waals surface area contributed by atoms with E-state index in [9.17, 15) is 35.9 Å². The molecule has 0 fully saturated rings. The van der Waals surface area contributed by atoms with Gasteiger partial charge in [-0.1, -0.05) is 12.1 Å². The average molecular weight is 371 g/mol. The van der Waals surface area contributed by atoms with Crippen LogP contribution in [0.5, 0.6) is 0 Å². The third-order valence-corrected chi connectivity index (χ3v) is 2.85. The minimum Gasteiger partial charge on any atom is -0.329 e. The van der Waals surface area contributed by atoms with Crippen molar-refractivity contribution in [3.63, 3.8) is 0 Å². The number of benzene rings is 1. The van der Waals surface area contributed by atoms with Crippen molar-refractivity contribution in [2.45, 2.75) is 18.9 Å². The number of nitrogens with zero attached hydrogens (tertiary/aromatic N) is 1. The van der Waals surface area contributed by atoms with Gasteiger partial charge in [0.2, 0.25) is 5.91 Å². The van der Waals surface area contributed by atoms with Gasteiger partial charge in [0.25, 0.3) is 0 Å². The highest BCUT2D eigenvalue weighted by atomic mass is 19.4. The molecule has 11 heteroatoms. The van der Waals surface area contributed by atoms with Crippen molar-refractivity contribution in [1.82, 2.24) is 15.5 Å². The zero-order valence-electron chi connectivity index (χ0n) is 13.0. The van der Waals surface area contributed by atoms with E-state index in [1.54, 1.807) is 5.32 Å². The second kappa shape index (κ2) is 8.19. The Kier molecular flexibility index (Phi) is 6.79. The van der Waals surface area contributed by atoms with Crippen LogP contribution in [0.1, 0.15) is 11.1 Å². The second-order valence-corrected chi connectivity index (χ2v) is 5.21. The minimum absolute atomic E-state index is 0.107. The van der Waals surface area contributed by atoms with Crippen LogP contribution in [0.25, 0.3) is 0 Å². The number of rotatable bonds is 5. The fraction of sp³-hybridized carbons (Fsp3) is 0.429. The zero-order chi connectivity index (χ0) is 19.3. The van der Waals surface area contributed by atoms with Gasteiger partial charge in [0, 0.05) is 6.54 Å². The van der Waals surface area contributed by atoms with E-state index >= 15 is 0 Å². The maximum absolute atomic E-state index is 12.4. The Morgan fingerprint density at radius 2 is 1.60 bits per heavy atom. The predicted octanol–water partition coefficient (Wildman–Crippen LogP) is 2.53. The van der Waals surface area contributed by atoms with Crippen molar-refractivity contribution >= 4 is 11.9 Å². The van der Waals surface area contributed by atoms with Crippen molar-refractivity contribution in [3.8, 4) is 0 Å². The lowest BCUT2D eigenvalue weighted by Gasteiger charge is -2.17. The van der Waals surface area contributed by atoms with Gasteiger partial charge in [-0.25, -0.2) is 4.79 Å². The topological polar surface area (TPSA) is 61.4 Å². The van der Waals surface area contributed by atoms with Crippen LogP contribution in [0.3, 0.4) is 0 Å². The lowest BCUT2D eigenvalue weighted by atomic mass is 10.1. The summed E-state index contributed by atoms with van der Waals surface area (Å²) in [6.45, 7) is -1.80. The molecule has 140 valence electrons. The summed E-state index contributed by atoms with van der Waals surface area (Å²) in [5, 5.41) is 3.19. The Balaban J connectivity index is 2.44. The molecular weight excluding hydrogens is 356 g/mol. The third-order valence-electron chi connectivity index (χ3n) is 2.85. The first-order valence-electron chi connectivity index (χ1n) is 6.86. The van der Waals surface area contributed by atoms with Gasteiger partial charge in [-0.2, -0.15) is 26.3 Å². The molecule has 0 bridgehead atoms. The van der Waals surface area contributed by atoms with Crippen LogP contribution in [0.15, 0.2) is 24.3 Å². The molecule has 2 N–H and O–H groups in total. The van der Waals surface area contributed by atoms with E-state index in [-0.39, 0.29) is 13.1 Å². The Morgan fingerprint density at radius 1 is 1.04 bits per heavy atom. The Morgan fingerprint density at radius 3 is 2.08 bits per heavy atom. The highest BCUT2D eigenvalue weighted by Crippen LogP contribution is 2.29. The smallest absolute Gasteiger partial charge is 0.329 e. The molecule has 3 amide bonds. The summed E-state index contributed by atoms with van der Waals surface area (Å²) in [4.78, 5) is 24.0. The molecule has 0 spiro atoms. The standard InChI is InChI=1S/C14H15F6N3O2/c1-23(6-9-2-4-10(5-3-9)14(18,19)20)7-11(24)22-12(25)21-8-13(15,16)17/h2-5H,6-8H2,1H3,(H2,21,22,24,25). The summed E-state index contributed by atoms with van der Waals surface area (Å²) < 4.78 is 73.0. The minimum atomic E-state index is -4.60. The number of likely N-dealkylation sites (N-methyl/N-ethyl adjacent to an activating group) is 1. The maximum atomic E-state index is 12.4. The van der Waals surface area contributed by atoms with Crippen LogP contribution < -0.4 is 10.6 Å². The van der Waals surface area contributed by atoms with E-state index in [1.165, 1.54) is 29.4 Å². The van der Waals surface area contributed by atoms with Crippen LogP contribution in [-0.2, 0) is 17.5 Å². The summed E-state index contributed by atoms with van der Waals surface area (Å²) in [5.74, 6) is -0.853. The molecule has 0 unspecified atom stereocenters. The van der Waals surface area contributed by atoms with Gasteiger partial charge >= 0.3 is 18.4 Å². The Hall–Kier alpha value is -2.30. The number of halogens is 6. The molecule has 1 rings (SSSR count). The third kappa shape index (κ3) is 8.38. The number of urea groups is 1. The molecule has 0 radical (unpaired) electrons. The number of carbonyl (C=O) groups excluding carboxylic acids is 2. The fourth-order valence-corrected chi connectivity index (χ4v) is 1.80. The molecule has 0 aliphatic carbocycles. The number of imide groups is 1. The first-order valence-corrected chi connectivity index (χ1v) is 6.86. The predicted molar refractivity (Wildman–Crippen MR) is 75.4 cm³/mol. The summed E-state index contributed by atoms with van der Waals surface area (Å²) in [6.07, 6.45) is -9.05. The van der Waals surface area contributed by atoms with E-state index in [2.05, 4.69) is 0 Å². The SMILES string of the molecule is CN(CC(=O)NC(=O)NCC(F)(F)F)Cc1ccc(C(F)(F)F)cc1. The summed E-state index contributed by atoms with van der Waals surface area (Å²) in [7, 11) is 1.46. The number of amides is 3. The highest BCUT2D eigenvalue weighted by molar-refractivity contribution is 5.95. The first-order chi connectivity index (χ1) is 11.4. The Labute approximate surface area is 139 Å². The van der Waals surface area contributed by atoms with E-state index in [0.717, 1.165) is 12.1 Å². The van der Waals surface area contributed by atoms with Gasteiger partial charge < -0.3 is 5.32 Å². The fourth-order valence-electron chi connectivity index (χ4n) is 1.80. The molecule has 0 heterocycles. The molecule has 5 nitrogen and oxygen atoms in total. The van der Waals surface area contributed by atoms with E-state index in [4.69, 9.17) is 0 Å². The molecule has 0 saturated carbocycles. The average Bonchev–Trinajstić information content (AvgIpc) is 2.43. The molecule has 0 saturated heterocycles. The molecular formula is C14H15F6N3O2. The molecule has 25 heavy (non-hydrogen) atoms. The normalized spacial score (nSPS) is 12.2. The quantitative estimate of drug-likeness (QED) is 0.782. The molecule has 0 aliphatic heterocycles. The maximum Gasteiger partial charge on any atom is 0.416 e. The van der Waals surface area contributed by atoms with Crippen LogP contribution in [-0.4, -0.2) is 43.2 Å². The van der Waals surface area contributed by atoms with Crippen LogP contribution in [0.2, 0.25) is 0 Å². The van der Waals surface area contributed by atoms with Crippen LogP contribution >= 0.6 is 0 Å². The molecule has 0 aliphatic rings. The van der Waals surface area contributed by atoms with E-state index in [0.29, 0.717) is 5.56 Å². The molecule has 0 aromatic heterocycles. The first kappa shape index (κ1) is 20.7. The van der Waals surface area contributed by atoms with Gasteiger partial charge in [0.15, 0.2) is 0 Å². The number of alkyl halides is 6. The molecule has 0 atom stereocenters. The van der Waals surface area contributed by atoms with Crippen molar-refractivity contribution in [2.75, 3.05) is 20.1 Å². The zero-order valence-corrected chi connectivity index (χ0v) is 13.0. The van der Waals surface area contributed by atoms with Crippen LogP contribution in [0.4, 0.5) is 31.1 Å². The monoisotopic (exact) mass is 371 g/mol. The summed E-state index contributed by atoms with van der Waals surface area (Å²) in [6, 6.07) is 2.99. The Bertz CT molecular complexity index is 598. The van der Waals surface area contributed by atoms with Gasteiger partial charge in [-0.15, -0.1) is 0 Å². The second-order valence-electron chi connectivity index (χ2n) is 5.21. The molecule has 1 aromatic carbocycles. The van der Waals surface area contributed by atoms with Crippen molar-refractivity contribution in [2.24, 2.45) is 0 Å². The summed E-state index contributed by atoms with van der Waals surface area (Å²) in [5.41, 5.74) is -0.317. The highest BCUT2D eigenvalue weighted by Gasteiger charge is 2.30. The van der Waals surface area contributed by atoms with Crippen molar-refractivity contribution < 1.29 is 35.9 Å². The van der Waals surface area contributed by atoms with Crippen LogP contribution in [0, 0.1) is 0 Å². The van der Waals surface area contributed by atoms with E-state index < -0.39 is 36.4 Å². The van der Waals surface area contributed by atoms with Gasteiger partial charge in [0.05, 0.1) is 12.1 Å². The molecule has 1 aromatic rings.